The Morgan fingerprint density at radius 3 is 2.53 bits per heavy atom. The van der Waals surface area contributed by atoms with E-state index in [0.29, 0.717) is 23.0 Å². The topological polar surface area (TPSA) is 63.4 Å². The zero-order valence-corrected chi connectivity index (χ0v) is 12.4. The van der Waals surface area contributed by atoms with Crippen LogP contribution in [0.4, 0.5) is 5.69 Å². The summed E-state index contributed by atoms with van der Waals surface area (Å²) >= 11 is 0. The molecule has 5 heteroatoms. The molecule has 4 nitrogen and oxygen atoms in total. The van der Waals surface area contributed by atoms with Crippen molar-refractivity contribution in [3.63, 3.8) is 0 Å². The molecule has 0 atom stereocenters. The van der Waals surface area contributed by atoms with Gasteiger partial charge in [-0.3, -0.25) is 0 Å². The van der Waals surface area contributed by atoms with E-state index in [1.54, 1.807) is 25.2 Å². The van der Waals surface area contributed by atoms with Crippen molar-refractivity contribution in [2.75, 3.05) is 19.3 Å². The number of rotatable bonds is 4. The molecule has 0 aliphatic heterocycles. The summed E-state index contributed by atoms with van der Waals surface area (Å²) in [6, 6.07) is 4.89. The van der Waals surface area contributed by atoms with Gasteiger partial charge in [0.05, 0.1) is 4.90 Å². The largest absolute Gasteiger partial charge is 0.399 e. The molecule has 0 radical (unpaired) electrons. The average molecular weight is 282 g/mol. The molecule has 0 saturated heterocycles. The maximum atomic E-state index is 12.5. The van der Waals surface area contributed by atoms with Gasteiger partial charge in [0.25, 0.3) is 0 Å². The van der Waals surface area contributed by atoms with Crippen LogP contribution in [0.2, 0.25) is 0 Å². The molecule has 0 bridgehead atoms. The Balaban J connectivity index is 2.18. The van der Waals surface area contributed by atoms with Crippen LogP contribution >= 0.6 is 0 Å². The molecule has 19 heavy (non-hydrogen) atoms. The van der Waals surface area contributed by atoms with E-state index in [1.807, 2.05) is 6.92 Å². The minimum atomic E-state index is -3.39. The summed E-state index contributed by atoms with van der Waals surface area (Å²) in [5, 5.41) is 0. The lowest BCUT2D eigenvalue weighted by atomic mass is 10.1. The van der Waals surface area contributed by atoms with E-state index in [2.05, 4.69) is 0 Å². The van der Waals surface area contributed by atoms with Crippen molar-refractivity contribution in [3.05, 3.63) is 23.8 Å². The molecular formula is C14H22N2O2S. The van der Waals surface area contributed by atoms with Crippen molar-refractivity contribution in [2.45, 2.75) is 37.5 Å². The molecule has 0 spiro atoms. The summed E-state index contributed by atoms with van der Waals surface area (Å²) < 4.78 is 26.4. The average Bonchev–Trinajstić information content (AvgIpc) is 2.85. The van der Waals surface area contributed by atoms with E-state index >= 15 is 0 Å². The van der Waals surface area contributed by atoms with Gasteiger partial charge in [-0.05, 0) is 49.4 Å². The van der Waals surface area contributed by atoms with Crippen LogP contribution in [0, 0.1) is 12.8 Å². The predicted octanol–water partition coefficient (Wildman–Crippen LogP) is 2.39. The quantitative estimate of drug-likeness (QED) is 0.862. The maximum Gasteiger partial charge on any atom is 0.242 e. The maximum absolute atomic E-state index is 12.5. The van der Waals surface area contributed by atoms with Crippen molar-refractivity contribution >= 4 is 15.7 Å². The van der Waals surface area contributed by atoms with Crippen molar-refractivity contribution in [3.8, 4) is 0 Å². The molecule has 0 aromatic heterocycles. The molecule has 1 aromatic rings. The van der Waals surface area contributed by atoms with Gasteiger partial charge in [-0.25, -0.2) is 12.7 Å². The van der Waals surface area contributed by atoms with Gasteiger partial charge in [0.1, 0.15) is 0 Å². The number of benzene rings is 1. The van der Waals surface area contributed by atoms with Gasteiger partial charge in [-0.1, -0.05) is 12.8 Å². The highest BCUT2D eigenvalue weighted by molar-refractivity contribution is 7.89. The van der Waals surface area contributed by atoms with Crippen molar-refractivity contribution in [1.82, 2.24) is 4.31 Å². The number of nitrogens with zero attached hydrogens (tertiary/aromatic N) is 1. The van der Waals surface area contributed by atoms with Gasteiger partial charge in [-0.2, -0.15) is 0 Å². The van der Waals surface area contributed by atoms with Crippen molar-refractivity contribution in [1.29, 1.82) is 0 Å². The number of hydrogen-bond acceptors (Lipinski definition) is 3. The number of nitrogen functional groups attached to an aromatic ring is 1. The predicted molar refractivity (Wildman–Crippen MR) is 77.4 cm³/mol. The number of anilines is 1. The Bertz CT molecular complexity index is 549. The smallest absolute Gasteiger partial charge is 0.242 e. The Labute approximate surface area is 115 Å². The second-order valence-electron chi connectivity index (χ2n) is 5.45. The lowest BCUT2D eigenvalue weighted by Crippen LogP contribution is -2.31. The zero-order valence-electron chi connectivity index (χ0n) is 11.6. The van der Waals surface area contributed by atoms with Gasteiger partial charge >= 0.3 is 0 Å². The first-order chi connectivity index (χ1) is 8.91. The Morgan fingerprint density at radius 1 is 1.32 bits per heavy atom. The van der Waals surface area contributed by atoms with Gasteiger partial charge < -0.3 is 5.73 Å². The number of nitrogens with two attached hydrogens (primary N) is 1. The van der Waals surface area contributed by atoms with E-state index in [9.17, 15) is 8.42 Å². The highest BCUT2D eigenvalue weighted by atomic mass is 32.2. The lowest BCUT2D eigenvalue weighted by molar-refractivity contribution is 0.387. The van der Waals surface area contributed by atoms with Crippen molar-refractivity contribution < 1.29 is 8.42 Å². The highest BCUT2D eigenvalue weighted by Crippen LogP contribution is 2.27. The highest BCUT2D eigenvalue weighted by Gasteiger charge is 2.25. The molecule has 1 aromatic carbocycles. The number of sulfonamides is 1. The van der Waals surface area contributed by atoms with Gasteiger partial charge in [0, 0.05) is 19.3 Å². The molecule has 1 saturated carbocycles. The van der Waals surface area contributed by atoms with E-state index in [4.69, 9.17) is 5.73 Å². The number of aryl methyl sites for hydroxylation is 1. The Hall–Kier alpha value is -1.07. The molecule has 2 N–H and O–H groups in total. The van der Waals surface area contributed by atoms with Crippen LogP contribution in [-0.4, -0.2) is 26.3 Å². The molecule has 1 fully saturated rings. The summed E-state index contributed by atoms with van der Waals surface area (Å²) in [6.07, 6.45) is 4.72. The van der Waals surface area contributed by atoms with Crippen LogP contribution in [-0.2, 0) is 10.0 Å². The normalized spacial score (nSPS) is 17.2. The summed E-state index contributed by atoms with van der Waals surface area (Å²) in [5.74, 6) is 0.509. The third-order valence-corrected chi connectivity index (χ3v) is 5.76. The Kier molecular flexibility index (Phi) is 4.16. The lowest BCUT2D eigenvalue weighted by Gasteiger charge is -2.21. The molecule has 2 rings (SSSR count). The molecular weight excluding hydrogens is 260 g/mol. The van der Waals surface area contributed by atoms with Gasteiger partial charge in [-0.15, -0.1) is 0 Å². The van der Waals surface area contributed by atoms with E-state index in [0.717, 1.165) is 18.4 Å². The second-order valence-corrected chi connectivity index (χ2v) is 7.50. The van der Waals surface area contributed by atoms with Crippen LogP contribution in [0.1, 0.15) is 31.2 Å². The summed E-state index contributed by atoms with van der Waals surface area (Å²) in [7, 11) is -1.72. The molecule has 0 heterocycles. The zero-order chi connectivity index (χ0) is 14.0. The molecule has 1 aliphatic rings. The molecule has 0 unspecified atom stereocenters. The minimum absolute atomic E-state index is 0.333. The van der Waals surface area contributed by atoms with Crippen LogP contribution in [0.3, 0.4) is 0 Å². The molecule has 1 aliphatic carbocycles. The second kappa shape index (κ2) is 5.51. The first-order valence-corrected chi connectivity index (χ1v) is 8.17. The fourth-order valence-electron chi connectivity index (χ4n) is 2.64. The fraction of sp³-hybridized carbons (Fsp3) is 0.571. The van der Waals surface area contributed by atoms with E-state index in [1.165, 1.54) is 17.1 Å². The van der Waals surface area contributed by atoms with Gasteiger partial charge in [0.15, 0.2) is 0 Å². The first-order valence-electron chi connectivity index (χ1n) is 6.73. The summed E-state index contributed by atoms with van der Waals surface area (Å²) in [4.78, 5) is 0.333. The third kappa shape index (κ3) is 3.09. The first kappa shape index (κ1) is 14.3. The molecule has 0 amide bonds. The third-order valence-electron chi connectivity index (χ3n) is 3.94. The molecule has 106 valence electrons. The standard InChI is InChI=1S/C14H22N2O2S/c1-11-9-13(7-8-14(11)15)19(17,18)16(2)10-12-5-3-4-6-12/h7-9,12H,3-6,10,15H2,1-2H3. The monoisotopic (exact) mass is 282 g/mol. The van der Waals surface area contributed by atoms with Crippen LogP contribution in [0.25, 0.3) is 0 Å². The van der Waals surface area contributed by atoms with E-state index in [-0.39, 0.29) is 0 Å². The van der Waals surface area contributed by atoms with Crippen molar-refractivity contribution in [2.24, 2.45) is 5.92 Å². The number of hydrogen-bond donors (Lipinski definition) is 1. The summed E-state index contributed by atoms with van der Waals surface area (Å²) in [5.41, 5.74) is 7.16. The minimum Gasteiger partial charge on any atom is -0.399 e. The summed E-state index contributed by atoms with van der Waals surface area (Å²) in [6.45, 7) is 2.44. The SMILES string of the molecule is Cc1cc(S(=O)(=O)N(C)CC2CCCC2)ccc1N. The van der Waals surface area contributed by atoms with E-state index < -0.39 is 10.0 Å². The van der Waals surface area contributed by atoms with Crippen LogP contribution in [0.15, 0.2) is 23.1 Å². The fourth-order valence-corrected chi connectivity index (χ4v) is 3.98. The van der Waals surface area contributed by atoms with Gasteiger partial charge in [0.2, 0.25) is 10.0 Å². The Morgan fingerprint density at radius 2 is 1.95 bits per heavy atom. The van der Waals surface area contributed by atoms with Crippen LogP contribution < -0.4 is 5.73 Å². The van der Waals surface area contributed by atoms with Crippen LogP contribution in [0.5, 0.6) is 0 Å².